The number of ether oxygens (including phenoxy) is 2. The van der Waals surface area contributed by atoms with Gasteiger partial charge in [0.05, 0.1) is 32.1 Å². The standard InChI is InChI=1S/C20H28N4O4/c1-3-20(26)21-17-8-7-15(28-19(17)13-25)9-10-24-12-18(22-23-24)14-5-4-6-16(11-14)27-2/h4-6,11-12,15,17,19,25H,3,7-10,13H2,1-2H3,(H,21,26)/t15-,17-,19-/m1/s1. The highest BCUT2D eigenvalue weighted by molar-refractivity contribution is 5.75. The van der Waals surface area contributed by atoms with E-state index in [1.165, 1.54) is 0 Å². The lowest BCUT2D eigenvalue weighted by atomic mass is 9.97. The molecule has 1 aliphatic rings. The van der Waals surface area contributed by atoms with Crippen molar-refractivity contribution in [2.45, 2.75) is 57.4 Å². The van der Waals surface area contributed by atoms with E-state index in [2.05, 4.69) is 15.6 Å². The Bertz CT molecular complexity index is 779. The highest BCUT2D eigenvalue weighted by Gasteiger charge is 2.31. The minimum absolute atomic E-state index is 0.0156. The number of aliphatic hydroxyl groups excluding tert-OH is 1. The van der Waals surface area contributed by atoms with Gasteiger partial charge in [0.2, 0.25) is 5.91 Å². The van der Waals surface area contributed by atoms with Crippen LogP contribution in [0, 0.1) is 0 Å². The van der Waals surface area contributed by atoms with E-state index in [0.717, 1.165) is 36.3 Å². The molecule has 1 aliphatic heterocycles. The second kappa shape index (κ2) is 9.66. The van der Waals surface area contributed by atoms with Gasteiger partial charge in [-0.3, -0.25) is 9.48 Å². The number of hydrogen-bond acceptors (Lipinski definition) is 6. The number of benzene rings is 1. The second-order valence-electron chi connectivity index (χ2n) is 6.97. The maximum atomic E-state index is 11.6. The Balaban J connectivity index is 1.53. The van der Waals surface area contributed by atoms with Gasteiger partial charge in [-0.05, 0) is 31.4 Å². The van der Waals surface area contributed by atoms with Crippen LogP contribution >= 0.6 is 0 Å². The highest BCUT2D eigenvalue weighted by atomic mass is 16.5. The predicted molar refractivity (Wildman–Crippen MR) is 104 cm³/mol. The molecule has 152 valence electrons. The lowest BCUT2D eigenvalue weighted by Crippen LogP contribution is -2.50. The molecule has 3 atom stereocenters. The molecule has 2 heterocycles. The number of aryl methyl sites for hydroxylation is 1. The van der Waals surface area contributed by atoms with Crippen LogP contribution in [-0.4, -0.2) is 58.0 Å². The lowest BCUT2D eigenvalue weighted by molar-refractivity contribution is -0.128. The number of amides is 1. The van der Waals surface area contributed by atoms with Gasteiger partial charge in [0.1, 0.15) is 17.5 Å². The minimum atomic E-state index is -0.364. The normalized spacial score (nSPS) is 22.0. The Hall–Kier alpha value is -2.45. The van der Waals surface area contributed by atoms with E-state index >= 15 is 0 Å². The summed E-state index contributed by atoms with van der Waals surface area (Å²) >= 11 is 0. The van der Waals surface area contributed by atoms with E-state index in [1.807, 2.05) is 37.4 Å². The van der Waals surface area contributed by atoms with Crippen molar-refractivity contribution in [3.8, 4) is 17.0 Å². The van der Waals surface area contributed by atoms with Crippen LogP contribution in [0.25, 0.3) is 11.3 Å². The summed E-state index contributed by atoms with van der Waals surface area (Å²) in [5.41, 5.74) is 1.74. The minimum Gasteiger partial charge on any atom is -0.497 e. The molecule has 1 aromatic heterocycles. The van der Waals surface area contributed by atoms with Gasteiger partial charge in [0.15, 0.2) is 0 Å². The van der Waals surface area contributed by atoms with Crippen molar-refractivity contribution in [2.24, 2.45) is 0 Å². The molecule has 8 heteroatoms. The quantitative estimate of drug-likeness (QED) is 0.715. The van der Waals surface area contributed by atoms with Crippen molar-refractivity contribution in [3.05, 3.63) is 30.5 Å². The van der Waals surface area contributed by atoms with Gasteiger partial charge in [-0.25, -0.2) is 0 Å². The Morgan fingerprint density at radius 2 is 2.29 bits per heavy atom. The summed E-state index contributed by atoms with van der Waals surface area (Å²) in [7, 11) is 1.64. The van der Waals surface area contributed by atoms with Gasteiger partial charge in [-0.1, -0.05) is 24.3 Å². The molecule has 0 saturated carbocycles. The molecule has 2 aromatic rings. The number of aromatic nitrogens is 3. The first kappa shape index (κ1) is 20.3. The molecule has 1 saturated heterocycles. The fourth-order valence-electron chi connectivity index (χ4n) is 3.42. The monoisotopic (exact) mass is 388 g/mol. The van der Waals surface area contributed by atoms with E-state index in [0.29, 0.717) is 13.0 Å². The van der Waals surface area contributed by atoms with Crippen molar-refractivity contribution < 1.29 is 19.4 Å². The molecule has 0 bridgehead atoms. The van der Waals surface area contributed by atoms with Crippen LogP contribution in [0.4, 0.5) is 0 Å². The molecule has 1 amide bonds. The first-order valence-electron chi connectivity index (χ1n) is 9.73. The van der Waals surface area contributed by atoms with E-state index in [4.69, 9.17) is 9.47 Å². The first-order chi connectivity index (χ1) is 13.6. The van der Waals surface area contributed by atoms with Crippen LogP contribution in [0.1, 0.15) is 32.6 Å². The maximum Gasteiger partial charge on any atom is 0.220 e. The Morgan fingerprint density at radius 3 is 3.04 bits per heavy atom. The number of carbonyl (C=O) groups excluding carboxylic acids is 1. The first-order valence-corrected chi connectivity index (χ1v) is 9.73. The van der Waals surface area contributed by atoms with Crippen LogP contribution in [0.5, 0.6) is 5.75 Å². The van der Waals surface area contributed by atoms with E-state index in [1.54, 1.807) is 11.8 Å². The smallest absolute Gasteiger partial charge is 0.220 e. The Morgan fingerprint density at radius 1 is 1.43 bits per heavy atom. The summed E-state index contributed by atoms with van der Waals surface area (Å²) < 4.78 is 13.0. The van der Waals surface area contributed by atoms with E-state index < -0.39 is 0 Å². The summed E-state index contributed by atoms with van der Waals surface area (Å²) in [6.45, 7) is 2.38. The van der Waals surface area contributed by atoms with Gasteiger partial charge >= 0.3 is 0 Å². The summed E-state index contributed by atoms with van der Waals surface area (Å²) in [5.74, 6) is 0.764. The van der Waals surface area contributed by atoms with Gasteiger partial charge in [0, 0.05) is 18.5 Å². The van der Waals surface area contributed by atoms with Crippen LogP contribution in [-0.2, 0) is 16.1 Å². The number of aliphatic hydroxyl groups is 1. The van der Waals surface area contributed by atoms with Crippen molar-refractivity contribution in [3.63, 3.8) is 0 Å². The van der Waals surface area contributed by atoms with Gasteiger partial charge in [-0.15, -0.1) is 5.10 Å². The molecule has 1 aromatic carbocycles. The molecule has 2 N–H and O–H groups in total. The summed E-state index contributed by atoms with van der Waals surface area (Å²) in [4.78, 5) is 11.6. The van der Waals surface area contributed by atoms with Crippen molar-refractivity contribution in [1.29, 1.82) is 0 Å². The average molecular weight is 388 g/mol. The Labute approximate surface area is 164 Å². The average Bonchev–Trinajstić information content (AvgIpc) is 3.22. The molecule has 8 nitrogen and oxygen atoms in total. The molecule has 0 aliphatic carbocycles. The van der Waals surface area contributed by atoms with Gasteiger partial charge in [0.25, 0.3) is 0 Å². The third kappa shape index (κ3) is 5.08. The maximum absolute atomic E-state index is 11.6. The van der Waals surface area contributed by atoms with E-state index in [9.17, 15) is 9.90 Å². The highest BCUT2D eigenvalue weighted by Crippen LogP contribution is 2.24. The third-order valence-corrected chi connectivity index (χ3v) is 5.05. The van der Waals surface area contributed by atoms with Crippen molar-refractivity contribution >= 4 is 5.91 Å². The van der Waals surface area contributed by atoms with Crippen molar-refractivity contribution in [1.82, 2.24) is 20.3 Å². The number of hydrogen-bond donors (Lipinski definition) is 2. The molecule has 28 heavy (non-hydrogen) atoms. The zero-order valence-corrected chi connectivity index (χ0v) is 16.4. The SMILES string of the molecule is CCC(=O)N[C@@H]1CC[C@H](CCn2cc(-c3cccc(OC)c3)nn2)O[C@@H]1CO. The van der Waals surface area contributed by atoms with Gasteiger partial charge in [-0.2, -0.15) is 0 Å². The molecule has 3 rings (SSSR count). The zero-order chi connectivity index (χ0) is 19.9. The molecule has 0 radical (unpaired) electrons. The molecular formula is C20H28N4O4. The number of carbonyl (C=O) groups is 1. The summed E-state index contributed by atoms with van der Waals surface area (Å²) in [6, 6.07) is 7.58. The van der Waals surface area contributed by atoms with Gasteiger partial charge < -0.3 is 19.9 Å². The summed E-state index contributed by atoms with van der Waals surface area (Å²) in [6.07, 6.45) is 4.40. The largest absolute Gasteiger partial charge is 0.497 e. The predicted octanol–water partition coefficient (Wildman–Crippen LogP) is 1.78. The van der Waals surface area contributed by atoms with Crippen molar-refractivity contribution in [2.75, 3.05) is 13.7 Å². The molecule has 0 unspecified atom stereocenters. The summed E-state index contributed by atoms with van der Waals surface area (Å²) in [5, 5.41) is 21.0. The van der Waals surface area contributed by atoms with Crippen LogP contribution < -0.4 is 10.1 Å². The number of nitrogens with zero attached hydrogens (tertiary/aromatic N) is 3. The number of nitrogens with one attached hydrogen (secondary N) is 1. The molecule has 1 fully saturated rings. The Kier molecular flexibility index (Phi) is 7.00. The van der Waals surface area contributed by atoms with Crippen LogP contribution in [0.2, 0.25) is 0 Å². The second-order valence-corrected chi connectivity index (χ2v) is 6.97. The van der Waals surface area contributed by atoms with Crippen LogP contribution in [0.15, 0.2) is 30.5 Å². The topological polar surface area (TPSA) is 98.5 Å². The fourth-order valence-corrected chi connectivity index (χ4v) is 3.42. The molecular weight excluding hydrogens is 360 g/mol. The zero-order valence-electron chi connectivity index (χ0n) is 16.4. The number of methoxy groups -OCH3 is 1. The van der Waals surface area contributed by atoms with Crippen LogP contribution in [0.3, 0.4) is 0 Å². The fraction of sp³-hybridized carbons (Fsp3) is 0.550. The number of rotatable bonds is 8. The van der Waals surface area contributed by atoms with E-state index in [-0.39, 0.29) is 30.8 Å². The third-order valence-electron chi connectivity index (χ3n) is 5.05. The molecule has 0 spiro atoms. The lowest BCUT2D eigenvalue weighted by Gasteiger charge is -2.36.